The number of anilines is 1. The van der Waals surface area contributed by atoms with E-state index in [-0.39, 0.29) is 25.4 Å². The lowest BCUT2D eigenvalue weighted by atomic mass is 10.1. The van der Waals surface area contributed by atoms with Gasteiger partial charge in [-0.05, 0) is 42.3 Å². The van der Waals surface area contributed by atoms with Crippen molar-refractivity contribution in [1.82, 2.24) is 5.32 Å². The van der Waals surface area contributed by atoms with Gasteiger partial charge >= 0.3 is 0 Å². The van der Waals surface area contributed by atoms with Gasteiger partial charge in [-0.15, -0.1) is 0 Å². The lowest BCUT2D eigenvalue weighted by Crippen LogP contribution is -2.39. The highest BCUT2D eigenvalue weighted by molar-refractivity contribution is 7.92. The van der Waals surface area contributed by atoms with Crippen molar-refractivity contribution in [2.75, 3.05) is 23.7 Å². The SMILES string of the molecule is Cc1cc(Cl)ccc1N(CCNC(=O)Cc1ccccc1F)S(C)(=O)=O. The van der Waals surface area contributed by atoms with E-state index < -0.39 is 15.8 Å². The molecule has 1 N–H and O–H groups in total. The molecule has 0 unspecified atom stereocenters. The summed E-state index contributed by atoms with van der Waals surface area (Å²) in [4.78, 5) is 12.0. The molecule has 5 nitrogen and oxygen atoms in total. The molecule has 0 spiro atoms. The molecule has 0 saturated carbocycles. The molecule has 26 heavy (non-hydrogen) atoms. The minimum Gasteiger partial charge on any atom is -0.354 e. The summed E-state index contributed by atoms with van der Waals surface area (Å²) in [5, 5.41) is 3.14. The predicted octanol–water partition coefficient (Wildman–Crippen LogP) is 2.91. The third-order valence-corrected chi connectivity index (χ3v) is 5.19. The first kappa shape index (κ1) is 20.2. The van der Waals surface area contributed by atoms with Crippen LogP contribution in [0.4, 0.5) is 10.1 Å². The lowest BCUT2D eigenvalue weighted by molar-refractivity contribution is -0.120. The van der Waals surface area contributed by atoms with E-state index in [9.17, 15) is 17.6 Å². The molecule has 0 aromatic heterocycles. The van der Waals surface area contributed by atoms with Crippen molar-refractivity contribution < 1.29 is 17.6 Å². The van der Waals surface area contributed by atoms with E-state index in [4.69, 9.17) is 11.6 Å². The highest BCUT2D eigenvalue weighted by Crippen LogP contribution is 2.25. The van der Waals surface area contributed by atoms with Gasteiger partial charge in [0.05, 0.1) is 24.9 Å². The van der Waals surface area contributed by atoms with Gasteiger partial charge in [-0.1, -0.05) is 29.8 Å². The van der Waals surface area contributed by atoms with E-state index in [1.165, 1.54) is 16.4 Å². The van der Waals surface area contributed by atoms with Crippen LogP contribution in [-0.2, 0) is 21.2 Å². The number of hydrogen-bond acceptors (Lipinski definition) is 3. The number of sulfonamides is 1. The van der Waals surface area contributed by atoms with E-state index >= 15 is 0 Å². The molecule has 8 heteroatoms. The van der Waals surface area contributed by atoms with Crippen LogP contribution in [-0.4, -0.2) is 33.7 Å². The van der Waals surface area contributed by atoms with E-state index in [2.05, 4.69) is 5.32 Å². The second-order valence-corrected chi connectivity index (χ2v) is 8.23. The van der Waals surface area contributed by atoms with Gasteiger partial charge < -0.3 is 5.32 Å². The Kier molecular flexibility index (Phi) is 6.61. The number of hydrogen-bond donors (Lipinski definition) is 1. The molecule has 0 atom stereocenters. The first-order valence-electron chi connectivity index (χ1n) is 7.92. The van der Waals surface area contributed by atoms with Crippen LogP contribution < -0.4 is 9.62 Å². The molecule has 0 fully saturated rings. The molecule has 0 radical (unpaired) electrons. The average Bonchev–Trinajstić information content (AvgIpc) is 2.54. The third kappa shape index (κ3) is 5.44. The number of carbonyl (C=O) groups excluding carboxylic acids is 1. The van der Waals surface area contributed by atoms with Gasteiger partial charge in [-0.2, -0.15) is 0 Å². The summed E-state index contributed by atoms with van der Waals surface area (Å²) in [5.41, 5.74) is 1.50. The molecule has 2 aromatic rings. The van der Waals surface area contributed by atoms with Crippen LogP contribution >= 0.6 is 11.6 Å². The quantitative estimate of drug-likeness (QED) is 0.779. The minimum atomic E-state index is -3.54. The van der Waals surface area contributed by atoms with E-state index in [1.807, 2.05) is 0 Å². The van der Waals surface area contributed by atoms with Crippen molar-refractivity contribution >= 4 is 33.2 Å². The summed E-state index contributed by atoms with van der Waals surface area (Å²) in [5.74, 6) is -0.825. The molecule has 0 aliphatic heterocycles. The summed E-state index contributed by atoms with van der Waals surface area (Å²) < 4.78 is 39.0. The van der Waals surface area contributed by atoms with Crippen molar-refractivity contribution in [3.8, 4) is 0 Å². The number of nitrogens with one attached hydrogen (secondary N) is 1. The van der Waals surface area contributed by atoms with Gasteiger partial charge in [-0.3, -0.25) is 9.10 Å². The molecular weight excluding hydrogens is 379 g/mol. The Morgan fingerprint density at radius 1 is 1.23 bits per heavy atom. The maximum atomic E-state index is 13.6. The van der Waals surface area contributed by atoms with Gasteiger partial charge in [0.2, 0.25) is 15.9 Å². The molecule has 140 valence electrons. The number of carbonyl (C=O) groups is 1. The first-order chi connectivity index (χ1) is 12.2. The number of benzene rings is 2. The fraction of sp³-hybridized carbons (Fsp3) is 0.278. The van der Waals surface area contributed by atoms with Crippen LogP contribution in [0.25, 0.3) is 0 Å². The van der Waals surface area contributed by atoms with Gasteiger partial charge in [0.1, 0.15) is 5.82 Å². The number of aryl methyl sites for hydroxylation is 1. The minimum absolute atomic E-state index is 0.0598. The number of rotatable bonds is 7. The Bertz CT molecular complexity index is 903. The fourth-order valence-electron chi connectivity index (χ4n) is 2.54. The predicted molar refractivity (Wildman–Crippen MR) is 101 cm³/mol. The van der Waals surface area contributed by atoms with Crippen LogP contribution in [0.2, 0.25) is 5.02 Å². The average molecular weight is 399 g/mol. The van der Waals surface area contributed by atoms with E-state index in [1.54, 1.807) is 37.3 Å². The number of nitrogens with zero attached hydrogens (tertiary/aromatic N) is 1. The third-order valence-electron chi connectivity index (χ3n) is 3.77. The largest absolute Gasteiger partial charge is 0.354 e. The Labute approximate surface area is 157 Å². The van der Waals surface area contributed by atoms with E-state index in [0.717, 1.165) is 6.26 Å². The Morgan fingerprint density at radius 3 is 2.54 bits per heavy atom. The molecule has 0 saturated heterocycles. The standard InChI is InChI=1S/C18H20ClFN2O3S/c1-13-11-15(19)7-8-17(13)22(26(2,24)25)10-9-21-18(23)12-14-5-3-4-6-16(14)20/h3-8,11H,9-10,12H2,1-2H3,(H,21,23). The molecule has 0 aliphatic rings. The molecule has 2 aromatic carbocycles. The second-order valence-electron chi connectivity index (χ2n) is 5.88. The van der Waals surface area contributed by atoms with Gasteiger partial charge in [0, 0.05) is 11.6 Å². The van der Waals surface area contributed by atoms with Crippen molar-refractivity contribution in [3.05, 3.63) is 64.4 Å². The zero-order valence-corrected chi connectivity index (χ0v) is 16.1. The van der Waals surface area contributed by atoms with Crippen LogP contribution in [0.5, 0.6) is 0 Å². The normalized spacial score (nSPS) is 11.2. The number of amides is 1. The Hall–Kier alpha value is -2.12. The van der Waals surface area contributed by atoms with Crippen LogP contribution in [0, 0.1) is 12.7 Å². The van der Waals surface area contributed by atoms with Gasteiger partial charge in [-0.25, -0.2) is 12.8 Å². The summed E-state index contributed by atoms with van der Waals surface area (Å²) in [6, 6.07) is 10.9. The molecule has 1 amide bonds. The van der Waals surface area contributed by atoms with Crippen molar-refractivity contribution in [2.45, 2.75) is 13.3 Å². The first-order valence-corrected chi connectivity index (χ1v) is 10.1. The van der Waals surface area contributed by atoms with Crippen LogP contribution in [0.3, 0.4) is 0 Å². The molecular formula is C18H20ClFN2O3S. The summed E-state index contributed by atoms with van der Waals surface area (Å²) in [6.07, 6.45) is 0.994. The Morgan fingerprint density at radius 2 is 1.92 bits per heavy atom. The van der Waals surface area contributed by atoms with Crippen molar-refractivity contribution in [3.63, 3.8) is 0 Å². The molecule has 0 aliphatic carbocycles. The summed E-state index contributed by atoms with van der Waals surface area (Å²) >= 11 is 5.92. The highest BCUT2D eigenvalue weighted by atomic mass is 35.5. The zero-order chi connectivity index (χ0) is 19.3. The monoisotopic (exact) mass is 398 g/mol. The van der Waals surface area contributed by atoms with Gasteiger partial charge in [0.25, 0.3) is 0 Å². The zero-order valence-electron chi connectivity index (χ0n) is 14.5. The smallest absolute Gasteiger partial charge is 0.232 e. The van der Waals surface area contributed by atoms with Crippen LogP contribution in [0.15, 0.2) is 42.5 Å². The lowest BCUT2D eigenvalue weighted by Gasteiger charge is -2.24. The fourth-order valence-corrected chi connectivity index (χ4v) is 3.75. The molecule has 0 bridgehead atoms. The highest BCUT2D eigenvalue weighted by Gasteiger charge is 2.19. The molecule has 2 rings (SSSR count). The topological polar surface area (TPSA) is 66.5 Å². The van der Waals surface area contributed by atoms with Crippen molar-refractivity contribution in [2.24, 2.45) is 0 Å². The van der Waals surface area contributed by atoms with Crippen molar-refractivity contribution in [1.29, 1.82) is 0 Å². The summed E-state index contributed by atoms with van der Waals surface area (Å²) in [6.45, 7) is 1.92. The Balaban J connectivity index is 2.02. The van der Waals surface area contributed by atoms with Gasteiger partial charge in [0.15, 0.2) is 0 Å². The number of halogens is 2. The molecule has 0 heterocycles. The second kappa shape index (κ2) is 8.51. The summed E-state index contributed by atoms with van der Waals surface area (Å²) in [7, 11) is -3.54. The van der Waals surface area contributed by atoms with Crippen LogP contribution in [0.1, 0.15) is 11.1 Å². The maximum absolute atomic E-state index is 13.6. The van der Waals surface area contributed by atoms with E-state index in [0.29, 0.717) is 21.8 Å². The maximum Gasteiger partial charge on any atom is 0.232 e.